The molecule has 1 atom stereocenters. The molecule has 0 aliphatic heterocycles. The number of sulfonamides is 1. The number of esters is 1. The van der Waals surface area contributed by atoms with Crippen molar-refractivity contribution in [2.24, 2.45) is 0 Å². The zero-order valence-electron chi connectivity index (χ0n) is 11.8. The van der Waals surface area contributed by atoms with Gasteiger partial charge in [0.2, 0.25) is 15.9 Å². The van der Waals surface area contributed by atoms with E-state index in [9.17, 15) is 18.0 Å². The van der Waals surface area contributed by atoms with E-state index in [0.717, 1.165) is 4.90 Å². The lowest BCUT2D eigenvalue weighted by atomic mass is 10.3. The second-order valence-electron chi connectivity index (χ2n) is 4.16. The molecule has 0 heterocycles. The van der Waals surface area contributed by atoms with E-state index in [4.69, 9.17) is 4.74 Å². The molecule has 0 aromatic rings. The third kappa shape index (κ3) is 7.12. The Bertz CT molecular complexity index is 407. The molecule has 112 valence electrons. The van der Waals surface area contributed by atoms with Crippen LogP contribution in [-0.2, 0) is 24.3 Å². The van der Waals surface area contributed by atoms with Crippen LogP contribution in [0.5, 0.6) is 0 Å². The number of rotatable bonds is 8. The van der Waals surface area contributed by atoms with Crippen molar-refractivity contribution in [3.8, 4) is 0 Å². The number of likely N-dealkylation sites (N-methyl/N-ethyl adjacent to an activating group) is 1. The number of ether oxygens (including phenoxy) is 1. The van der Waals surface area contributed by atoms with Crippen LogP contribution < -0.4 is 4.72 Å². The lowest BCUT2D eigenvalue weighted by Crippen LogP contribution is -2.47. The number of carbonyl (C=O) groups is 2. The van der Waals surface area contributed by atoms with E-state index in [1.165, 1.54) is 14.0 Å². The lowest BCUT2D eigenvalue weighted by Gasteiger charge is -2.21. The molecule has 7 nitrogen and oxygen atoms in total. The zero-order chi connectivity index (χ0) is 15.1. The number of hydrogen-bond donors (Lipinski definition) is 1. The summed E-state index contributed by atoms with van der Waals surface area (Å²) in [7, 11) is -2.04. The molecule has 1 unspecified atom stereocenters. The van der Waals surface area contributed by atoms with Gasteiger partial charge in [-0.3, -0.25) is 9.59 Å². The van der Waals surface area contributed by atoms with Crippen LogP contribution in [0.25, 0.3) is 0 Å². The fraction of sp³-hybridized carbons (Fsp3) is 0.818. The molecule has 0 saturated heterocycles. The number of nitrogens with one attached hydrogen (secondary N) is 1. The topological polar surface area (TPSA) is 92.8 Å². The van der Waals surface area contributed by atoms with E-state index < -0.39 is 27.9 Å². The Morgan fingerprint density at radius 2 is 1.89 bits per heavy atom. The summed E-state index contributed by atoms with van der Waals surface area (Å²) in [5.74, 6) is -1.04. The van der Waals surface area contributed by atoms with Crippen LogP contribution in [0, 0.1) is 0 Å². The van der Waals surface area contributed by atoms with Gasteiger partial charge in [-0.25, -0.2) is 13.1 Å². The number of carbonyl (C=O) groups excluding carboxylic acids is 2. The highest BCUT2D eigenvalue weighted by Crippen LogP contribution is 1.97. The molecule has 1 N–H and O–H groups in total. The molecule has 0 saturated carbocycles. The van der Waals surface area contributed by atoms with Gasteiger partial charge >= 0.3 is 5.97 Å². The van der Waals surface area contributed by atoms with Gasteiger partial charge < -0.3 is 9.64 Å². The normalized spacial score (nSPS) is 12.8. The molecular weight excluding hydrogens is 272 g/mol. The van der Waals surface area contributed by atoms with Crippen molar-refractivity contribution < 1.29 is 22.7 Å². The van der Waals surface area contributed by atoms with Crippen LogP contribution in [0.3, 0.4) is 0 Å². The first-order chi connectivity index (χ1) is 8.73. The monoisotopic (exact) mass is 294 g/mol. The van der Waals surface area contributed by atoms with Gasteiger partial charge in [0.15, 0.2) is 0 Å². The minimum absolute atomic E-state index is 0.0355. The molecule has 19 heavy (non-hydrogen) atoms. The van der Waals surface area contributed by atoms with Crippen LogP contribution in [0.15, 0.2) is 0 Å². The van der Waals surface area contributed by atoms with Gasteiger partial charge in [0, 0.05) is 7.05 Å². The Balaban J connectivity index is 4.44. The fourth-order valence-corrected chi connectivity index (χ4v) is 2.75. The van der Waals surface area contributed by atoms with E-state index in [0.29, 0.717) is 6.42 Å². The van der Waals surface area contributed by atoms with Gasteiger partial charge in [-0.05, 0) is 20.3 Å². The second kappa shape index (κ2) is 8.11. The SMILES string of the molecule is CCCS(=O)(=O)NC(C)C(=O)N(C)CC(=O)OCC. The smallest absolute Gasteiger partial charge is 0.325 e. The number of amides is 1. The molecule has 0 bridgehead atoms. The van der Waals surface area contributed by atoms with Gasteiger partial charge in [-0.2, -0.15) is 0 Å². The van der Waals surface area contributed by atoms with Crippen molar-refractivity contribution in [1.82, 2.24) is 9.62 Å². The molecule has 1 amide bonds. The summed E-state index contributed by atoms with van der Waals surface area (Å²) in [5, 5.41) is 0. The summed E-state index contributed by atoms with van der Waals surface area (Å²) in [5.41, 5.74) is 0. The average molecular weight is 294 g/mol. The highest BCUT2D eigenvalue weighted by atomic mass is 32.2. The van der Waals surface area contributed by atoms with Crippen molar-refractivity contribution in [1.29, 1.82) is 0 Å². The first kappa shape index (κ1) is 17.8. The van der Waals surface area contributed by atoms with Crippen molar-refractivity contribution in [3.63, 3.8) is 0 Å². The Morgan fingerprint density at radius 1 is 1.32 bits per heavy atom. The third-order valence-electron chi connectivity index (χ3n) is 2.25. The van der Waals surface area contributed by atoms with Gasteiger partial charge in [-0.15, -0.1) is 0 Å². The molecule has 0 aliphatic carbocycles. The summed E-state index contributed by atoms with van der Waals surface area (Å²) in [6.07, 6.45) is 0.467. The van der Waals surface area contributed by atoms with Crippen LogP contribution >= 0.6 is 0 Å². The quantitative estimate of drug-likeness (QED) is 0.622. The highest BCUT2D eigenvalue weighted by molar-refractivity contribution is 7.89. The van der Waals surface area contributed by atoms with E-state index in [1.807, 2.05) is 0 Å². The Morgan fingerprint density at radius 3 is 2.37 bits per heavy atom. The van der Waals surface area contributed by atoms with E-state index in [-0.39, 0.29) is 18.9 Å². The van der Waals surface area contributed by atoms with Crippen LogP contribution in [0.1, 0.15) is 27.2 Å². The van der Waals surface area contributed by atoms with Gasteiger partial charge in [0.1, 0.15) is 6.54 Å². The van der Waals surface area contributed by atoms with Gasteiger partial charge in [-0.1, -0.05) is 6.92 Å². The van der Waals surface area contributed by atoms with Gasteiger partial charge in [0.25, 0.3) is 0 Å². The molecule has 0 fully saturated rings. The van der Waals surface area contributed by atoms with Crippen molar-refractivity contribution in [2.45, 2.75) is 33.2 Å². The molecule has 0 aliphatic rings. The van der Waals surface area contributed by atoms with E-state index >= 15 is 0 Å². The Labute approximate surface area is 114 Å². The van der Waals surface area contributed by atoms with Crippen molar-refractivity contribution in [2.75, 3.05) is 26.0 Å². The predicted molar refractivity (Wildman–Crippen MR) is 70.9 cm³/mol. The maximum absolute atomic E-state index is 11.9. The van der Waals surface area contributed by atoms with Gasteiger partial charge in [0.05, 0.1) is 18.4 Å². The predicted octanol–water partition coefficient (Wildman–Crippen LogP) is -0.274. The van der Waals surface area contributed by atoms with E-state index in [1.54, 1.807) is 13.8 Å². The minimum Gasteiger partial charge on any atom is -0.465 e. The summed E-state index contributed by atoms with van der Waals surface area (Å²) in [6.45, 7) is 4.88. The summed E-state index contributed by atoms with van der Waals surface area (Å²) >= 11 is 0. The summed E-state index contributed by atoms with van der Waals surface area (Å²) < 4.78 is 30.0. The summed E-state index contributed by atoms with van der Waals surface area (Å²) in [6, 6.07) is -0.907. The Hall–Kier alpha value is -1.15. The molecule has 0 rings (SSSR count). The summed E-state index contributed by atoms with van der Waals surface area (Å²) in [4.78, 5) is 24.2. The van der Waals surface area contributed by atoms with Crippen LogP contribution in [0.2, 0.25) is 0 Å². The van der Waals surface area contributed by atoms with Crippen LogP contribution in [0.4, 0.5) is 0 Å². The first-order valence-electron chi connectivity index (χ1n) is 6.14. The second-order valence-corrected chi connectivity index (χ2v) is 6.03. The van der Waals surface area contributed by atoms with Crippen LogP contribution in [-0.4, -0.2) is 57.2 Å². The third-order valence-corrected chi connectivity index (χ3v) is 3.91. The number of hydrogen-bond acceptors (Lipinski definition) is 5. The first-order valence-corrected chi connectivity index (χ1v) is 7.79. The molecule has 8 heteroatoms. The molecule has 0 aromatic heterocycles. The highest BCUT2D eigenvalue weighted by Gasteiger charge is 2.23. The molecule has 0 aromatic carbocycles. The Kier molecular flexibility index (Phi) is 7.62. The maximum atomic E-state index is 11.9. The van der Waals surface area contributed by atoms with Crippen molar-refractivity contribution in [3.05, 3.63) is 0 Å². The minimum atomic E-state index is -3.46. The standard InChI is InChI=1S/C11H22N2O5S/c1-5-7-19(16,17)12-9(3)11(15)13(4)8-10(14)18-6-2/h9,12H,5-8H2,1-4H3. The maximum Gasteiger partial charge on any atom is 0.325 e. The molecule has 0 spiro atoms. The fourth-order valence-electron chi connectivity index (χ4n) is 1.46. The molecule has 0 radical (unpaired) electrons. The van der Waals surface area contributed by atoms with Crippen molar-refractivity contribution >= 4 is 21.9 Å². The lowest BCUT2D eigenvalue weighted by molar-refractivity contribution is -0.148. The largest absolute Gasteiger partial charge is 0.465 e. The number of nitrogens with zero attached hydrogens (tertiary/aromatic N) is 1. The zero-order valence-corrected chi connectivity index (χ0v) is 12.6. The average Bonchev–Trinajstić information content (AvgIpc) is 2.27. The van der Waals surface area contributed by atoms with E-state index in [2.05, 4.69) is 4.72 Å². The molecular formula is C11H22N2O5S.